The Morgan fingerprint density at radius 3 is 2.89 bits per heavy atom. The number of nitrogens with one attached hydrogen (secondary N) is 1. The van der Waals surface area contributed by atoms with E-state index in [1.807, 2.05) is 25.1 Å². The Bertz CT molecular complexity index is 522. The first-order valence-corrected chi connectivity index (χ1v) is 6.57. The largest absolute Gasteiger partial charge is 0.487 e. The molecule has 2 aromatic rings. The van der Waals surface area contributed by atoms with E-state index in [1.165, 1.54) is 5.56 Å². The lowest BCUT2D eigenvalue weighted by atomic mass is 10.1. The fraction of sp³-hybridized carbons (Fsp3) is 0.400. The molecule has 0 bridgehead atoms. The number of nitrogens with zero attached hydrogens (tertiary/aromatic N) is 1. The van der Waals surface area contributed by atoms with Crippen LogP contribution in [0.2, 0.25) is 0 Å². The van der Waals surface area contributed by atoms with Crippen molar-refractivity contribution in [3.05, 3.63) is 47.3 Å². The Balaban J connectivity index is 1.98. The average Bonchev–Trinajstić information content (AvgIpc) is 2.83. The highest BCUT2D eigenvalue weighted by Gasteiger charge is 2.06. The standard InChI is InChI=1S/C15H20N2O2/c1-4-16-12(3)13-6-5-7-15(9-13)18-10-14-8-11(2)19-17-14/h5-9,12,16H,4,10H2,1-3H3. The molecule has 4 heteroatoms. The van der Waals surface area contributed by atoms with Crippen molar-refractivity contribution in [3.63, 3.8) is 0 Å². The monoisotopic (exact) mass is 260 g/mol. The lowest BCUT2D eigenvalue weighted by Crippen LogP contribution is -2.17. The maximum atomic E-state index is 5.72. The molecule has 19 heavy (non-hydrogen) atoms. The minimum Gasteiger partial charge on any atom is -0.487 e. The molecule has 0 aliphatic rings. The van der Waals surface area contributed by atoms with Crippen molar-refractivity contribution >= 4 is 0 Å². The Labute approximate surface area is 113 Å². The van der Waals surface area contributed by atoms with Gasteiger partial charge in [-0.3, -0.25) is 0 Å². The molecule has 1 heterocycles. The van der Waals surface area contributed by atoms with Crippen LogP contribution in [0.5, 0.6) is 5.75 Å². The van der Waals surface area contributed by atoms with Gasteiger partial charge in [0.05, 0.1) is 0 Å². The van der Waals surface area contributed by atoms with Crippen LogP contribution in [0.25, 0.3) is 0 Å². The summed E-state index contributed by atoms with van der Waals surface area (Å²) in [4.78, 5) is 0. The molecular weight excluding hydrogens is 240 g/mol. The van der Waals surface area contributed by atoms with E-state index in [4.69, 9.17) is 9.26 Å². The van der Waals surface area contributed by atoms with E-state index in [0.717, 1.165) is 23.7 Å². The van der Waals surface area contributed by atoms with Gasteiger partial charge in [-0.2, -0.15) is 0 Å². The van der Waals surface area contributed by atoms with E-state index in [0.29, 0.717) is 12.6 Å². The summed E-state index contributed by atoms with van der Waals surface area (Å²) in [6, 6.07) is 10.3. The van der Waals surface area contributed by atoms with E-state index >= 15 is 0 Å². The van der Waals surface area contributed by atoms with Crippen molar-refractivity contribution in [3.8, 4) is 5.75 Å². The first-order valence-electron chi connectivity index (χ1n) is 6.57. The summed E-state index contributed by atoms with van der Waals surface area (Å²) in [6.45, 7) is 7.49. The second-order valence-electron chi connectivity index (χ2n) is 4.57. The van der Waals surface area contributed by atoms with Crippen LogP contribution in [0.4, 0.5) is 0 Å². The SMILES string of the molecule is CCNC(C)c1cccc(OCc2cc(C)on2)c1. The highest BCUT2D eigenvalue weighted by Crippen LogP contribution is 2.20. The van der Waals surface area contributed by atoms with Crippen LogP contribution in [0.3, 0.4) is 0 Å². The minimum absolute atomic E-state index is 0.322. The number of aryl methyl sites for hydroxylation is 1. The molecule has 1 unspecified atom stereocenters. The summed E-state index contributed by atoms with van der Waals surface area (Å²) < 4.78 is 10.7. The van der Waals surface area contributed by atoms with Crippen molar-refractivity contribution in [2.24, 2.45) is 0 Å². The van der Waals surface area contributed by atoms with Crippen molar-refractivity contribution < 1.29 is 9.26 Å². The number of aromatic nitrogens is 1. The van der Waals surface area contributed by atoms with Gasteiger partial charge in [-0.05, 0) is 38.1 Å². The first-order chi connectivity index (χ1) is 9.19. The number of benzene rings is 1. The normalized spacial score (nSPS) is 12.4. The van der Waals surface area contributed by atoms with Gasteiger partial charge in [-0.25, -0.2) is 0 Å². The minimum atomic E-state index is 0.322. The van der Waals surface area contributed by atoms with Gasteiger partial charge in [-0.15, -0.1) is 0 Å². The first kappa shape index (κ1) is 13.6. The van der Waals surface area contributed by atoms with Crippen LogP contribution in [-0.4, -0.2) is 11.7 Å². The molecule has 0 radical (unpaired) electrons. The van der Waals surface area contributed by atoms with Gasteiger partial charge in [0.25, 0.3) is 0 Å². The third kappa shape index (κ3) is 3.83. The maximum Gasteiger partial charge on any atom is 0.134 e. The molecule has 102 valence electrons. The van der Waals surface area contributed by atoms with Gasteiger partial charge in [0.15, 0.2) is 0 Å². The Morgan fingerprint density at radius 1 is 1.37 bits per heavy atom. The van der Waals surface area contributed by atoms with Crippen molar-refractivity contribution in [1.29, 1.82) is 0 Å². The van der Waals surface area contributed by atoms with Gasteiger partial charge in [0.1, 0.15) is 23.8 Å². The molecule has 0 aliphatic heterocycles. The molecule has 0 saturated carbocycles. The molecule has 1 aromatic carbocycles. The summed E-state index contributed by atoms with van der Waals surface area (Å²) in [6.07, 6.45) is 0. The van der Waals surface area contributed by atoms with Crippen molar-refractivity contribution in [2.75, 3.05) is 6.54 Å². The fourth-order valence-electron chi connectivity index (χ4n) is 1.94. The molecular formula is C15H20N2O2. The Kier molecular flexibility index (Phi) is 4.58. The summed E-state index contributed by atoms with van der Waals surface area (Å²) in [5.41, 5.74) is 2.03. The average molecular weight is 260 g/mol. The summed E-state index contributed by atoms with van der Waals surface area (Å²) >= 11 is 0. The molecule has 4 nitrogen and oxygen atoms in total. The van der Waals surface area contributed by atoms with Crippen LogP contribution in [0, 0.1) is 6.92 Å². The Morgan fingerprint density at radius 2 is 2.21 bits per heavy atom. The predicted molar refractivity (Wildman–Crippen MR) is 74.1 cm³/mol. The van der Waals surface area contributed by atoms with E-state index < -0.39 is 0 Å². The predicted octanol–water partition coefficient (Wildman–Crippen LogP) is 3.23. The Hall–Kier alpha value is -1.81. The summed E-state index contributed by atoms with van der Waals surface area (Å²) in [5, 5.41) is 7.29. The van der Waals surface area contributed by atoms with Gasteiger partial charge in [-0.1, -0.05) is 24.2 Å². The fourth-order valence-corrected chi connectivity index (χ4v) is 1.94. The molecule has 0 amide bonds. The highest BCUT2D eigenvalue weighted by molar-refractivity contribution is 5.30. The van der Waals surface area contributed by atoms with Crippen molar-refractivity contribution in [1.82, 2.24) is 10.5 Å². The maximum absolute atomic E-state index is 5.72. The molecule has 0 aliphatic carbocycles. The highest BCUT2D eigenvalue weighted by atomic mass is 16.5. The molecule has 1 N–H and O–H groups in total. The van der Waals surface area contributed by atoms with E-state index in [1.54, 1.807) is 0 Å². The van der Waals surface area contributed by atoms with E-state index in [9.17, 15) is 0 Å². The summed E-state index contributed by atoms with van der Waals surface area (Å²) in [5.74, 6) is 1.65. The van der Waals surface area contributed by atoms with Crippen LogP contribution in [0.1, 0.15) is 36.9 Å². The molecule has 1 aromatic heterocycles. The second kappa shape index (κ2) is 6.38. The van der Waals surface area contributed by atoms with Crippen molar-refractivity contribution in [2.45, 2.75) is 33.4 Å². The zero-order valence-electron chi connectivity index (χ0n) is 11.6. The zero-order valence-corrected chi connectivity index (χ0v) is 11.6. The second-order valence-corrected chi connectivity index (χ2v) is 4.57. The molecule has 1 atom stereocenters. The smallest absolute Gasteiger partial charge is 0.134 e. The number of rotatable bonds is 6. The molecule has 0 fully saturated rings. The van der Waals surface area contributed by atoms with E-state index in [2.05, 4.69) is 36.5 Å². The van der Waals surface area contributed by atoms with Crippen LogP contribution in [0.15, 0.2) is 34.9 Å². The van der Waals surface area contributed by atoms with Crippen LogP contribution < -0.4 is 10.1 Å². The zero-order chi connectivity index (χ0) is 13.7. The van der Waals surface area contributed by atoms with Gasteiger partial charge >= 0.3 is 0 Å². The van der Waals surface area contributed by atoms with Gasteiger partial charge in [0.2, 0.25) is 0 Å². The third-order valence-corrected chi connectivity index (χ3v) is 2.93. The van der Waals surface area contributed by atoms with Crippen LogP contribution >= 0.6 is 0 Å². The van der Waals surface area contributed by atoms with Crippen LogP contribution in [-0.2, 0) is 6.61 Å². The lowest BCUT2D eigenvalue weighted by Gasteiger charge is -2.14. The molecule has 2 rings (SSSR count). The van der Waals surface area contributed by atoms with Gasteiger partial charge < -0.3 is 14.6 Å². The summed E-state index contributed by atoms with van der Waals surface area (Å²) in [7, 11) is 0. The van der Waals surface area contributed by atoms with Gasteiger partial charge in [0, 0.05) is 12.1 Å². The third-order valence-electron chi connectivity index (χ3n) is 2.93. The number of hydrogen-bond acceptors (Lipinski definition) is 4. The lowest BCUT2D eigenvalue weighted by molar-refractivity contribution is 0.287. The quantitative estimate of drug-likeness (QED) is 0.866. The number of ether oxygens (including phenoxy) is 1. The molecule has 0 spiro atoms. The molecule has 0 saturated heterocycles. The topological polar surface area (TPSA) is 47.3 Å². The number of hydrogen-bond donors (Lipinski definition) is 1. The van der Waals surface area contributed by atoms with E-state index in [-0.39, 0.29) is 0 Å².